The molecule has 0 aliphatic heterocycles. The van der Waals surface area contributed by atoms with Crippen LogP contribution in [0.1, 0.15) is 11.7 Å². The lowest BCUT2D eigenvalue weighted by molar-refractivity contribution is 0.873. The van der Waals surface area contributed by atoms with Crippen molar-refractivity contribution < 1.29 is 0 Å². The van der Waals surface area contributed by atoms with Crippen molar-refractivity contribution in [1.82, 2.24) is 4.98 Å². The van der Waals surface area contributed by atoms with Crippen LogP contribution in [0.3, 0.4) is 0 Å². The molecule has 0 aliphatic rings. The van der Waals surface area contributed by atoms with E-state index in [9.17, 15) is 0 Å². The first-order valence-corrected chi connectivity index (χ1v) is 4.55. The van der Waals surface area contributed by atoms with Crippen molar-refractivity contribution in [3.05, 3.63) is 54.7 Å². The van der Waals surface area contributed by atoms with E-state index in [2.05, 4.69) is 11.6 Å². The summed E-state index contributed by atoms with van der Waals surface area (Å²) in [5, 5.41) is 1.13. The predicted molar refractivity (Wildman–Crippen MR) is 58.9 cm³/mol. The third kappa shape index (κ3) is 1.52. The van der Waals surface area contributed by atoms with Crippen LogP contribution in [0.25, 0.3) is 10.9 Å². The Morgan fingerprint density at radius 1 is 1.21 bits per heavy atom. The molecule has 0 unspecified atom stereocenters. The highest BCUT2D eigenvalue weighted by molar-refractivity contribution is 5.78. The normalized spacial score (nSPS) is 12.6. The minimum Gasteiger partial charge on any atom is -0.319 e. The van der Waals surface area contributed by atoms with E-state index in [0.717, 1.165) is 16.6 Å². The minimum atomic E-state index is -0.181. The molecule has 2 aromatic rings. The third-order valence-electron chi connectivity index (χ3n) is 2.22. The van der Waals surface area contributed by atoms with Crippen molar-refractivity contribution >= 4 is 10.9 Å². The Bertz CT molecular complexity index is 463. The number of hydrogen-bond acceptors (Lipinski definition) is 2. The number of nitrogens with two attached hydrogens (primary N) is 1. The van der Waals surface area contributed by atoms with Crippen molar-refractivity contribution in [2.24, 2.45) is 5.73 Å². The van der Waals surface area contributed by atoms with Crippen molar-refractivity contribution in [2.45, 2.75) is 6.04 Å². The molecule has 2 nitrogen and oxygen atoms in total. The summed E-state index contributed by atoms with van der Waals surface area (Å²) < 4.78 is 0. The quantitative estimate of drug-likeness (QED) is 0.728. The van der Waals surface area contributed by atoms with E-state index in [-0.39, 0.29) is 6.04 Å². The first kappa shape index (κ1) is 8.91. The number of nitrogens with zero attached hydrogens (tertiary/aromatic N) is 1. The summed E-state index contributed by atoms with van der Waals surface area (Å²) >= 11 is 0. The summed E-state index contributed by atoms with van der Waals surface area (Å²) in [6.45, 7) is 3.65. The van der Waals surface area contributed by atoms with Crippen molar-refractivity contribution in [3.63, 3.8) is 0 Å². The van der Waals surface area contributed by atoms with Gasteiger partial charge in [-0.05, 0) is 12.1 Å². The van der Waals surface area contributed by atoms with Gasteiger partial charge in [0.25, 0.3) is 0 Å². The summed E-state index contributed by atoms with van der Waals surface area (Å²) in [7, 11) is 0. The molecule has 14 heavy (non-hydrogen) atoms. The maximum Gasteiger partial charge on any atom is 0.0706 e. The molecule has 1 heterocycles. The molecule has 0 aliphatic carbocycles. The maximum atomic E-state index is 5.80. The molecule has 0 saturated carbocycles. The van der Waals surface area contributed by atoms with E-state index >= 15 is 0 Å². The van der Waals surface area contributed by atoms with Crippen LogP contribution in [0, 0.1) is 0 Å². The zero-order valence-electron chi connectivity index (χ0n) is 7.85. The van der Waals surface area contributed by atoms with Gasteiger partial charge in [0.05, 0.1) is 17.3 Å². The number of benzene rings is 1. The topological polar surface area (TPSA) is 38.9 Å². The number of pyridine rings is 1. The molecule has 1 aromatic heterocycles. The van der Waals surface area contributed by atoms with Crippen LogP contribution in [-0.2, 0) is 0 Å². The summed E-state index contributed by atoms with van der Waals surface area (Å²) in [4.78, 5) is 4.45. The molecule has 1 aromatic carbocycles. The molecule has 0 radical (unpaired) electrons. The molecule has 2 rings (SSSR count). The molecule has 2 N–H and O–H groups in total. The summed E-state index contributed by atoms with van der Waals surface area (Å²) in [6.07, 6.45) is 1.69. The van der Waals surface area contributed by atoms with Crippen LogP contribution in [0.5, 0.6) is 0 Å². The van der Waals surface area contributed by atoms with Gasteiger partial charge in [0.1, 0.15) is 0 Å². The zero-order chi connectivity index (χ0) is 9.97. The minimum absolute atomic E-state index is 0.181. The molecule has 1 atom stereocenters. The number of rotatable bonds is 2. The Labute approximate surface area is 83.1 Å². The van der Waals surface area contributed by atoms with Gasteiger partial charge < -0.3 is 5.73 Å². The first-order chi connectivity index (χ1) is 6.81. The van der Waals surface area contributed by atoms with Gasteiger partial charge in [-0.25, -0.2) is 0 Å². The number of fused-ring (bicyclic) bond motifs is 1. The van der Waals surface area contributed by atoms with Gasteiger partial charge in [-0.3, -0.25) is 4.98 Å². The third-order valence-corrected chi connectivity index (χ3v) is 2.22. The van der Waals surface area contributed by atoms with Gasteiger partial charge in [0.15, 0.2) is 0 Å². The van der Waals surface area contributed by atoms with E-state index in [4.69, 9.17) is 5.73 Å². The molecule has 70 valence electrons. The Morgan fingerprint density at radius 2 is 2.00 bits per heavy atom. The fourth-order valence-corrected chi connectivity index (χ4v) is 1.39. The van der Waals surface area contributed by atoms with Crippen LogP contribution in [0.2, 0.25) is 0 Å². The maximum absolute atomic E-state index is 5.80. The van der Waals surface area contributed by atoms with Gasteiger partial charge in [-0.2, -0.15) is 0 Å². The summed E-state index contributed by atoms with van der Waals surface area (Å²) in [5.41, 5.74) is 7.64. The lowest BCUT2D eigenvalue weighted by Crippen LogP contribution is -2.08. The predicted octanol–water partition coefficient (Wildman–Crippen LogP) is 2.42. The highest BCUT2D eigenvalue weighted by Crippen LogP contribution is 2.15. The fourth-order valence-electron chi connectivity index (χ4n) is 1.39. The SMILES string of the molecule is C=C[C@@H](N)c1ccc2ccccc2n1. The van der Waals surface area contributed by atoms with E-state index in [1.807, 2.05) is 36.4 Å². The Balaban J connectivity index is 2.56. The second kappa shape index (κ2) is 3.60. The second-order valence-corrected chi connectivity index (χ2v) is 3.19. The molecule has 2 heteroatoms. The molecule has 0 spiro atoms. The highest BCUT2D eigenvalue weighted by Gasteiger charge is 2.02. The van der Waals surface area contributed by atoms with Gasteiger partial charge in [0.2, 0.25) is 0 Å². The van der Waals surface area contributed by atoms with Crippen LogP contribution in [0.15, 0.2) is 49.1 Å². The Kier molecular flexibility index (Phi) is 2.29. The lowest BCUT2D eigenvalue weighted by atomic mass is 10.1. The number of aromatic nitrogens is 1. The largest absolute Gasteiger partial charge is 0.319 e. The Morgan fingerprint density at radius 3 is 2.79 bits per heavy atom. The first-order valence-electron chi connectivity index (χ1n) is 4.55. The van der Waals surface area contributed by atoms with Crippen molar-refractivity contribution in [2.75, 3.05) is 0 Å². The molecule has 0 amide bonds. The van der Waals surface area contributed by atoms with Gasteiger partial charge >= 0.3 is 0 Å². The molecule has 0 fully saturated rings. The smallest absolute Gasteiger partial charge is 0.0706 e. The average Bonchev–Trinajstić information content (AvgIpc) is 2.27. The van der Waals surface area contributed by atoms with E-state index in [1.165, 1.54) is 0 Å². The van der Waals surface area contributed by atoms with Crippen LogP contribution in [0.4, 0.5) is 0 Å². The standard InChI is InChI=1S/C12H12N2/c1-2-10(13)12-8-7-9-5-3-4-6-11(9)14-12/h2-8,10H,1,13H2/t10-/m1/s1. The highest BCUT2D eigenvalue weighted by atomic mass is 14.8. The second-order valence-electron chi connectivity index (χ2n) is 3.19. The van der Waals surface area contributed by atoms with Crippen LogP contribution < -0.4 is 5.73 Å². The fraction of sp³-hybridized carbons (Fsp3) is 0.0833. The lowest BCUT2D eigenvalue weighted by Gasteiger charge is -2.06. The monoisotopic (exact) mass is 184 g/mol. The summed E-state index contributed by atoms with van der Waals surface area (Å²) in [5.74, 6) is 0. The molecule has 0 saturated heterocycles. The van der Waals surface area contributed by atoms with Gasteiger partial charge in [-0.15, -0.1) is 6.58 Å². The van der Waals surface area contributed by atoms with Crippen LogP contribution >= 0.6 is 0 Å². The van der Waals surface area contributed by atoms with Gasteiger partial charge in [-0.1, -0.05) is 30.3 Å². The van der Waals surface area contributed by atoms with Crippen molar-refractivity contribution in [3.8, 4) is 0 Å². The van der Waals surface area contributed by atoms with E-state index < -0.39 is 0 Å². The van der Waals surface area contributed by atoms with E-state index in [1.54, 1.807) is 6.08 Å². The molecular weight excluding hydrogens is 172 g/mol. The molecular formula is C12H12N2. The number of para-hydroxylation sites is 1. The van der Waals surface area contributed by atoms with Crippen LogP contribution in [-0.4, -0.2) is 4.98 Å². The average molecular weight is 184 g/mol. The zero-order valence-corrected chi connectivity index (χ0v) is 7.85. The van der Waals surface area contributed by atoms with Crippen molar-refractivity contribution in [1.29, 1.82) is 0 Å². The summed E-state index contributed by atoms with van der Waals surface area (Å²) in [6, 6.07) is 11.8. The van der Waals surface area contributed by atoms with Gasteiger partial charge in [0, 0.05) is 5.39 Å². The molecule has 0 bridgehead atoms. The number of hydrogen-bond donors (Lipinski definition) is 1. The van der Waals surface area contributed by atoms with E-state index in [0.29, 0.717) is 0 Å². The Hall–Kier alpha value is -1.67.